The van der Waals surface area contributed by atoms with Crippen molar-refractivity contribution in [1.29, 1.82) is 0 Å². The van der Waals surface area contributed by atoms with Gasteiger partial charge in [-0.15, -0.1) is 0 Å². The average molecular weight is 348 g/mol. The third-order valence-corrected chi connectivity index (χ3v) is 7.68. The molecule has 0 N–H and O–H groups in total. The van der Waals surface area contributed by atoms with Crippen LogP contribution < -0.4 is 10.6 Å². The predicted octanol–water partition coefficient (Wildman–Crippen LogP) is 4.77. The maximum absolute atomic E-state index is 14.1. The molecule has 0 aliphatic carbocycles. The smallest absolute Gasteiger partial charge is 0.230 e. The van der Waals surface area contributed by atoms with Crippen LogP contribution in [-0.2, 0) is 4.57 Å². The van der Waals surface area contributed by atoms with E-state index in [1.807, 2.05) is 63.2 Å². The van der Waals surface area contributed by atoms with Crippen molar-refractivity contribution in [1.82, 2.24) is 0 Å². The van der Waals surface area contributed by atoms with E-state index in [0.29, 0.717) is 16.2 Å². The minimum atomic E-state index is -3.44. The molecule has 3 rings (SSSR count). The zero-order valence-electron chi connectivity index (χ0n) is 14.7. The normalized spacial score (nSPS) is 11.3. The Balaban J connectivity index is 2.25. The van der Waals surface area contributed by atoms with Crippen LogP contribution in [0.2, 0.25) is 0 Å². The van der Waals surface area contributed by atoms with E-state index in [4.69, 9.17) is 0 Å². The van der Waals surface area contributed by atoms with Crippen molar-refractivity contribution in [2.24, 2.45) is 0 Å². The van der Waals surface area contributed by atoms with Crippen molar-refractivity contribution in [3.8, 4) is 0 Å². The van der Waals surface area contributed by atoms with Gasteiger partial charge >= 0.3 is 0 Å². The van der Waals surface area contributed by atoms with Gasteiger partial charge in [-0.1, -0.05) is 72.8 Å². The van der Waals surface area contributed by atoms with Gasteiger partial charge in [0.1, 0.15) is 0 Å². The van der Waals surface area contributed by atoms with Gasteiger partial charge in [0.25, 0.3) is 0 Å². The van der Waals surface area contributed by atoms with Gasteiger partial charge < -0.3 is 4.57 Å². The highest BCUT2D eigenvalue weighted by Gasteiger charge is 2.37. The first-order chi connectivity index (χ1) is 12.0. The Morgan fingerprint density at radius 3 is 1.64 bits per heavy atom. The second-order valence-corrected chi connectivity index (χ2v) is 8.92. The quantitative estimate of drug-likeness (QED) is 0.637. The molecule has 0 fully saturated rings. The lowest BCUT2D eigenvalue weighted by Crippen LogP contribution is -2.23. The summed E-state index contributed by atoms with van der Waals surface area (Å²) in [7, 11) is -3.44. The minimum Gasteiger partial charge on any atom is -0.305 e. The summed E-state index contributed by atoms with van der Waals surface area (Å²) in [6.45, 7) is 5.94. The van der Waals surface area contributed by atoms with Gasteiger partial charge in [0.05, 0.1) is 0 Å². The Morgan fingerprint density at radius 2 is 1.16 bits per heavy atom. The zero-order valence-corrected chi connectivity index (χ0v) is 15.6. The number of carbonyl (C=O) groups is 1. The Morgan fingerprint density at radius 1 is 0.680 bits per heavy atom. The van der Waals surface area contributed by atoms with Crippen LogP contribution in [0.25, 0.3) is 0 Å². The van der Waals surface area contributed by atoms with E-state index in [9.17, 15) is 9.36 Å². The van der Waals surface area contributed by atoms with Gasteiger partial charge in [0, 0.05) is 16.2 Å². The molecular weight excluding hydrogens is 327 g/mol. The van der Waals surface area contributed by atoms with Crippen molar-refractivity contribution in [2.45, 2.75) is 20.8 Å². The molecular formula is C22H21O2P. The van der Waals surface area contributed by atoms with Gasteiger partial charge in [-0.2, -0.15) is 0 Å². The van der Waals surface area contributed by atoms with Crippen LogP contribution in [0.5, 0.6) is 0 Å². The van der Waals surface area contributed by atoms with E-state index in [0.717, 1.165) is 16.7 Å². The lowest BCUT2D eigenvalue weighted by Gasteiger charge is -2.20. The second kappa shape index (κ2) is 6.82. The summed E-state index contributed by atoms with van der Waals surface area (Å²) in [6, 6.07) is 21.9. The summed E-state index contributed by atoms with van der Waals surface area (Å²) >= 11 is 0. The summed E-state index contributed by atoms with van der Waals surface area (Å²) in [5.74, 6) is 0. The second-order valence-electron chi connectivity index (χ2n) is 6.27. The average Bonchev–Trinajstić information content (AvgIpc) is 2.66. The number of rotatable bonds is 4. The van der Waals surface area contributed by atoms with Crippen LogP contribution in [0.4, 0.5) is 0 Å². The molecule has 0 aliphatic rings. The van der Waals surface area contributed by atoms with Crippen LogP contribution in [-0.4, -0.2) is 5.52 Å². The van der Waals surface area contributed by atoms with E-state index in [-0.39, 0.29) is 5.52 Å². The summed E-state index contributed by atoms with van der Waals surface area (Å²) in [6.07, 6.45) is 0. The lowest BCUT2D eigenvalue weighted by molar-refractivity contribution is 0.107. The van der Waals surface area contributed by atoms with E-state index in [2.05, 4.69) is 0 Å². The molecule has 0 heterocycles. The minimum absolute atomic E-state index is 0.300. The highest BCUT2D eigenvalue weighted by molar-refractivity contribution is 7.93. The number of carbonyl (C=O) groups excluding carboxylic acids is 1. The summed E-state index contributed by atoms with van der Waals surface area (Å²) in [4.78, 5) is 13.5. The molecule has 2 nitrogen and oxygen atoms in total. The van der Waals surface area contributed by atoms with Crippen LogP contribution in [0.15, 0.2) is 72.8 Å². The van der Waals surface area contributed by atoms with Crippen molar-refractivity contribution in [3.63, 3.8) is 0 Å². The van der Waals surface area contributed by atoms with Crippen LogP contribution >= 0.6 is 7.14 Å². The molecule has 0 bridgehead atoms. The Hall–Kier alpha value is -2.44. The maximum Gasteiger partial charge on any atom is 0.230 e. The molecule has 126 valence electrons. The van der Waals surface area contributed by atoms with E-state index in [1.54, 1.807) is 30.3 Å². The summed E-state index contributed by atoms with van der Waals surface area (Å²) < 4.78 is 14.1. The van der Waals surface area contributed by atoms with E-state index in [1.165, 1.54) is 0 Å². The molecule has 3 aromatic rings. The molecule has 0 saturated heterocycles. The number of benzene rings is 3. The molecule has 0 aliphatic heterocycles. The highest BCUT2D eigenvalue weighted by atomic mass is 31.2. The van der Waals surface area contributed by atoms with Crippen LogP contribution in [0.3, 0.4) is 0 Å². The predicted molar refractivity (Wildman–Crippen MR) is 105 cm³/mol. The third-order valence-electron chi connectivity index (χ3n) is 4.81. The van der Waals surface area contributed by atoms with Gasteiger partial charge in [0.2, 0.25) is 12.7 Å². The molecule has 3 heteroatoms. The van der Waals surface area contributed by atoms with Crippen molar-refractivity contribution >= 4 is 23.3 Å². The maximum atomic E-state index is 14.1. The first kappa shape index (κ1) is 17.4. The number of hydrogen-bond acceptors (Lipinski definition) is 2. The van der Waals surface area contributed by atoms with Crippen LogP contribution in [0.1, 0.15) is 27.0 Å². The molecule has 0 amide bonds. The molecule has 25 heavy (non-hydrogen) atoms. The first-order valence-electron chi connectivity index (χ1n) is 8.29. The third kappa shape index (κ3) is 2.99. The first-order valence-corrected chi connectivity index (χ1v) is 10.00. The lowest BCUT2D eigenvalue weighted by atomic mass is 10.00. The van der Waals surface area contributed by atoms with Crippen LogP contribution in [0, 0.1) is 20.8 Å². The topological polar surface area (TPSA) is 34.1 Å². The Kier molecular flexibility index (Phi) is 4.74. The van der Waals surface area contributed by atoms with Gasteiger partial charge in [-0.3, -0.25) is 4.79 Å². The summed E-state index contributed by atoms with van der Waals surface area (Å²) in [5, 5.41) is 1.15. The number of aryl methyl sites for hydroxylation is 1. The summed E-state index contributed by atoms with van der Waals surface area (Å²) in [5.41, 5.74) is 3.34. The Labute approximate surface area is 148 Å². The molecule has 0 unspecified atom stereocenters. The van der Waals surface area contributed by atoms with E-state index >= 15 is 0 Å². The monoisotopic (exact) mass is 348 g/mol. The molecule has 0 saturated carbocycles. The Bertz CT molecular complexity index is 917. The van der Waals surface area contributed by atoms with Gasteiger partial charge in [0.15, 0.2) is 0 Å². The standard InChI is InChI=1S/C22H21O2P/c1-16-14-15-21(18(3)17(16)2)22(23)25(24,19-10-6-4-7-11-19)20-12-8-5-9-13-20/h4-15H,1-3H3. The molecule has 0 spiro atoms. The van der Waals surface area contributed by atoms with Crippen molar-refractivity contribution in [2.75, 3.05) is 0 Å². The largest absolute Gasteiger partial charge is 0.305 e. The molecule has 0 atom stereocenters. The molecule has 0 radical (unpaired) electrons. The highest BCUT2D eigenvalue weighted by Crippen LogP contribution is 2.47. The fourth-order valence-electron chi connectivity index (χ4n) is 3.02. The number of hydrogen-bond donors (Lipinski definition) is 0. The van der Waals surface area contributed by atoms with E-state index < -0.39 is 7.14 Å². The molecule has 0 aromatic heterocycles. The van der Waals surface area contributed by atoms with Gasteiger partial charge in [-0.05, 0) is 37.5 Å². The molecule has 3 aromatic carbocycles. The van der Waals surface area contributed by atoms with Crippen molar-refractivity contribution < 1.29 is 9.36 Å². The fourth-order valence-corrected chi connectivity index (χ4v) is 5.55. The fraction of sp³-hybridized carbons (Fsp3) is 0.136. The van der Waals surface area contributed by atoms with Crippen molar-refractivity contribution in [3.05, 3.63) is 95.1 Å². The van der Waals surface area contributed by atoms with Gasteiger partial charge in [-0.25, -0.2) is 0 Å². The zero-order chi connectivity index (χ0) is 18.0. The SMILES string of the molecule is Cc1ccc(C(=O)P(=O)(c2ccccc2)c2ccccc2)c(C)c1C.